The lowest BCUT2D eigenvalue weighted by atomic mass is 9.99. The molecule has 0 aromatic heterocycles. The molecule has 1 heterocycles. The Bertz CT molecular complexity index is 1950. The minimum Gasteiger partial charge on any atom is -0.342 e. The van der Waals surface area contributed by atoms with Gasteiger partial charge in [0, 0.05) is 17.9 Å². The topological polar surface area (TPSA) is 69.7 Å². The van der Waals surface area contributed by atoms with Gasteiger partial charge in [-0.05, 0) is 79.6 Å². The lowest BCUT2D eigenvalue weighted by molar-refractivity contribution is 0.0968. The van der Waals surface area contributed by atoms with Gasteiger partial charge in [0.1, 0.15) is 6.17 Å². The van der Waals surface area contributed by atoms with Crippen molar-refractivity contribution in [2.45, 2.75) is 31.5 Å². The van der Waals surface area contributed by atoms with Crippen molar-refractivity contribution in [1.29, 1.82) is 0 Å². The molecule has 1 N–H and O–H groups in total. The summed E-state index contributed by atoms with van der Waals surface area (Å²) < 4.78 is 29.7. The van der Waals surface area contributed by atoms with E-state index in [1.165, 1.54) is 12.1 Å². The third kappa shape index (κ3) is 5.91. The van der Waals surface area contributed by atoms with Crippen molar-refractivity contribution in [3.05, 3.63) is 153 Å². The number of nitrogens with zero attached hydrogens (tertiary/aromatic N) is 2. The van der Waals surface area contributed by atoms with Crippen molar-refractivity contribution in [1.82, 2.24) is 0 Å². The first-order valence-electron chi connectivity index (χ1n) is 14.0. The van der Waals surface area contributed by atoms with E-state index in [4.69, 9.17) is 23.2 Å². The predicted octanol–water partition coefficient (Wildman–Crippen LogP) is 8.78. The SMILES string of the molecule is Cc1ccc(NS(=O)(=O)c2ccc3c(c2)C(=O)N(c2ccc(C)cc2)[C@@H](c2ccc(Cl)c(Cl)c2)N3Cc2ccccc2)cc1. The molecule has 222 valence electrons. The quantitative estimate of drug-likeness (QED) is 0.193. The number of carbonyl (C=O) groups excluding carboxylic acids is 1. The molecule has 6 rings (SSSR count). The number of halogens is 2. The summed E-state index contributed by atoms with van der Waals surface area (Å²) in [5.41, 5.74) is 5.79. The van der Waals surface area contributed by atoms with E-state index < -0.39 is 16.2 Å². The summed E-state index contributed by atoms with van der Waals surface area (Å²) in [6, 6.07) is 34.7. The average Bonchev–Trinajstić information content (AvgIpc) is 3.02. The maximum Gasteiger partial charge on any atom is 0.262 e. The minimum absolute atomic E-state index is 0.0123. The monoisotopic (exact) mass is 641 g/mol. The van der Waals surface area contributed by atoms with Crippen LogP contribution in [0.25, 0.3) is 0 Å². The molecule has 9 heteroatoms. The fraction of sp³-hybridized carbons (Fsp3) is 0.114. The van der Waals surface area contributed by atoms with Gasteiger partial charge >= 0.3 is 0 Å². The van der Waals surface area contributed by atoms with Gasteiger partial charge in [0.05, 0.1) is 26.2 Å². The van der Waals surface area contributed by atoms with Crippen LogP contribution in [0.1, 0.15) is 38.8 Å². The van der Waals surface area contributed by atoms with Gasteiger partial charge in [0.15, 0.2) is 0 Å². The third-order valence-corrected chi connectivity index (χ3v) is 9.75. The number of hydrogen-bond acceptors (Lipinski definition) is 4. The predicted molar refractivity (Wildman–Crippen MR) is 178 cm³/mol. The van der Waals surface area contributed by atoms with E-state index in [0.29, 0.717) is 33.7 Å². The normalized spacial score (nSPS) is 14.8. The van der Waals surface area contributed by atoms with E-state index in [9.17, 15) is 13.2 Å². The van der Waals surface area contributed by atoms with Gasteiger partial charge in [0.25, 0.3) is 15.9 Å². The number of benzene rings is 5. The second-order valence-electron chi connectivity index (χ2n) is 10.8. The van der Waals surface area contributed by atoms with E-state index in [1.807, 2.05) is 86.6 Å². The Morgan fingerprint density at radius 2 is 1.41 bits per heavy atom. The highest BCUT2D eigenvalue weighted by atomic mass is 35.5. The molecule has 5 aromatic carbocycles. The van der Waals surface area contributed by atoms with Gasteiger partial charge in [-0.3, -0.25) is 14.4 Å². The number of rotatable bonds is 7. The van der Waals surface area contributed by atoms with Gasteiger partial charge < -0.3 is 4.90 Å². The molecule has 0 saturated carbocycles. The standard InChI is InChI=1S/C35H29Cl2N3O3S/c1-23-8-13-27(14-9-23)38-44(42,43)29-17-19-33-30(21-29)35(41)40(28-15-10-24(2)11-16-28)34(26-12-18-31(36)32(37)20-26)39(33)22-25-6-4-3-5-7-25/h3-21,34,38H,22H2,1-2H3/t34-/m0/s1. The van der Waals surface area contributed by atoms with Crippen LogP contribution < -0.4 is 14.5 Å². The highest BCUT2D eigenvalue weighted by molar-refractivity contribution is 7.92. The van der Waals surface area contributed by atoms with Crippen LogP contribution in [-0.2, 0) is 16.6 Å². The van der Waals surface area contributed by atoms with Crippen LogP contribution in [-0.4, -0.2) is 14.3 Å². The minimum atomic E-state index is -3.99. The molecule has 0 fully saturated rings. The van der Waals surface area contributed by atoms with Gasteiger partial charge in [-0.2, -0.15) is 0 Å². The first-order valence-corrected chi connectivity index (χ1v) is 16.2. The molecule has 1 aliphatic rings. The van der Waals surface area contributed by atoms with Crippen LogP contribution >= 0.6 is 23.2 Å². The van der Waals surface area contributed by atoms with Crippen LogP contribution in [0.2, 0.25) is 10.0 Å². The molecule has 0 bridgehead atoms. The lowest BCUT2D eigenvalue weighted by Crippen LogP contribution is -2.49. The molecule has 0 unspecified atom stereocenters. The highest BCUT2D eigenvalue weighted by Crippen LogP contribution is 2.44. The molecule has 1 atom stereocenters. The van der Waals surface area contributed by atoms with Crippen molar-refractivity contribution in [2.75, 3.05) is 14.5 Å². The molecular weight excluding hydrogens is 613 g/mol. The number of nitrogens with one attached hydrogen (secondary N) is 1. The molecule has 0 spiro atoms. The Hall–Kier alpha value is -4.30. The van der Waals surface area contributed by atoms with Crippen LogP contribution in [0.3, 0.4) is 0 Å². The largest absolute Gasteiger partial charge is 0.342 e. The summed E-state index contributed by atoms with van der Waals surface area (Å²) in [6.45, 7) is 4.34. The zero-order valence-corrected chi connectivity index (χ0v) is 26.4. The number of anilines is 3. The molecule has 0 aliphatic carbocycles. The fourth-order valence-electron chi connectivity index (χ4n) is 5.37. The van der Waals surface area contributed by atoms with Crippen molar-refractivity contribution in [3.8, 4) is 0 Å². The number of fused-ring (bicyclic) bond motifs is 1. The van der Waals surface area contributed by atoms with Crippen LogP contribution in [0.5, 0.6) is 0 Å². The smallest absolute Gasteiger partial charge is 0.262 e. The van der Waals surface area contributed by atoms with Crippen molar-refractivity contribution in [3.63, 3.8) is 0 Å². The van der Waals surface area contributed by atoms with Crippen molar-refractivity contribution in [2.24, 2.45) is 0 Å². The second kappa shape index (κ2) is 12.0. The van der Waals surface area contributed by atoms with Gasteiger partial charge in [-0.25, -0.2) is 8.42 Å². The molecule has 1 amide bonds. The zero-order valence-electron chi connectivity index (χ0n) is 24.0. The summed E-state index contributed by atoms with van der Waals surface area (Å²) in [7, 11) is -3.99. The first kappa shape index (κ1) is 29.8. The van der Waals surface area contributed by atoms with E-state index in [2.05, 4.69) is 9.62 Å². The number of sulfonamides is 1. The second-order valence-corrected chi connectivity index (χ2v) is 13.3. The van der Waals surface area contributed by atoms with E-state index in [0.717, 1.165) is 22.3 Å². The molecule has 1 aliphatic heterocycles. The fourth-order valence-corrected chi connectivity index (χ4v) is 6.76. The van der Waals surface area contributed by atoms with E-state index in [1.54, 1.807) is 35.2 Å². The van der Waals surface area contributed by atoms with Crippen LogP contribution in [0.4, 0.5) is 17.1 Å². The molecule has 6 nitrogen and oxygen atoms in total. The number of amides is 1. The molecular formula is C35H29Cl2N3O3S. The molecule has 0 saturated heterocycles. The number of hydrogen-bond donors (Lipinski definition) is 1. The van der Waals surface area contributed by atoms with Crippen LogP contribution in [0, 0.1) is 13.8 Å². The zero-order chi connectivity index (χ0) is 31.0. The van der Waals surface area contributed by atoms with Crippen molar-refractivity contribution < 1.29 is 13.2 Å². The Morgan fingerprint density at radius 3 is 2.07 bits per heavy atom. The Labute approximate surface area is 267 Å². The lowest BCUT2D eigenvalue weighted by Gasteiger charge is -2.46. The third-order valence-electron chi connectivity index (χ3n) is 7.63. The Kier molecular flexibility index (Phi) is 8.12. The highest BCUT2D eigenvalue weighted by Gasteiger charge is 2.40. The van der Waals surface area contributed by atoms with Gasteiger partial charge in [-0.1, -0.05) is 95.0 Å². The molecule has 0 radical (unpaired) electrons. The molecule has 44 heavy (non-hydrogen) atoms. The number of carbonyl (C=O) groups is 1. The summed E-state index contributed by atoms with van der Waals surface area (Å²) in [5, 5.41) is 0.778. The maximum absolute atomic E-state index is 14.5. The van der Waals surface area contributed by atoms with Gasteiger partial charge in [0.2, 0.25) is 0 Å². The Morgan fingerprint density at radius 1 is 0.750 bits per heavy atom. The molecule has 5 aromatic rings. The summed E-state index contributed by atoms with van der Waals surface area (Å²) in [4.78, 5) is 18.3. The van der Waals surface area contributed by atoms with E-state index in [-0.39, 0.29) is 16.4 Å². The summed E-state index contributed by atoms with van der Waals surface area (Å²) >= 11 is 12.8. The number of aryl methyl sites for hydroxylation is 2. The summed E-state index contributed by atoms with van der Waals surface area (Å²) in [5.74, 6) is -0.336. The van der Waals surface area contributed by atoms with E-state index >= 15 is 0 Å². The first-order chi connectivity index (χ1) is 21.1. The maximum atomic E-state index is 14.5. The van der Waals surface area contributed by atoms with Crippen molar-refractivity contribution >= 4 is 56.2 Å². The summed E-state index contributed by atoms with van der Waals surface area (Å²) in [6.07, 6.45) is -0.610. The van der Waals surface area contributed by atoms with Crippen LogP contribution in [0.15, 0.2) is 120 Å². The Balaban J connectivity index is 1.53. The van der Waals surface area contributed by atoms with Gasteiger partial charge in [-0.15, -0.1) is 0 Å². The average molecular weight is 643 g/mol.